The molecular weight excluding hydrogens is 300 g/mol. The molecule has 1 aromatic carbocycles. The second-order valence-corrected chi connectivity index (χ2v) is 5.20. The molecule has 1 heterocycles. The van der Waals surface area contributed by atoms with Gasteiger partial charge >= 0.3 is 5.97 Å². The van der Waals surface area contributed by atoms with Crippen LogP contribution in [0, 0.1) is 0 Å². The molecule has 0 radical (unpaired) electrons. The first-order valence-electron chi connectivity index (χ1n) is 6.81. The van der Waals surface area contributed by atoms with Gasteiger partial charge in [-0.2, -0.15) is 0 Å². The SMILES string of the molecule is CCOC(=O)c1cnc(SC)nc1C(=O)Cc1ccccc1. The first-order chi connectivity index (χ1) is 10.7. The van der Waals surface area contributed by atoms with E-state index in [1.54, 1.807) is 6.92 Å². The lowest BCUT2D eigenvalue weighted by Gasteiger charge is -2.08. The summed E-state index contributed by atoms with van der Waals surface area (Å²) >= 11 is 1.31. The fraction of sp³-hybridized carbons (Fsp3) is 0.250. The second-order valence-electron chi connectivity index (χ2n) is 4.43. The number of aromatic nitrogens is 2. The van der Waals surface area contributed by atoms with Crippen LogP contribution in [-0.4, -0.2) is 34.6 Å². The van der Waals surface area contributed by atoms with Crippen LogP contribution in [0.1, 0.15) is 33.3 Å². The van der Waals surface area contributed by atoms with Gasteiger partial charge in [-0.1, -0.05) is 42.1 Å². The molecule has 0 unspecified atom stereocenters. The Morgan fingerprint density at radius 2 is 1.95 bits per heavy atom. The highest BCUT2D eigenvalue weighted by molar-refractivity contribution is 7.98. The molecule has 1 aromatic heterocycles. The summed E-state index contributed by atoms with van der Waals surface area (Å²) in [4.78, 5) is 32.7. The molecule has 0 N–H and O–H groups in total. The smallest absolute Gasteiger partial charge is 0.342 e. The van der Waals surface area contributed by atoms with Crippen molar-refractivity contribution < 1.29 is 14.3 Å². The van der Waals surface area contributed by atoms with Gasteiger partial charge in [-0.25, -0.2) is 14.8 Å². The Labute approximate surface area is 133 Å². The summed E-state index contributed by atoms with van der Waals surface area (Å²) in [6.45, 7) is 1.94. The summed E-state index contributed by atoms with van der Waals surface area (Å²) in [6, 6.07) is 9.33. The van der Waals surface area contributed by atoms with Crippen molar-refractivity contribution in [2.75, 3.05) is 12.9 Å². The van der Waals surface area contributed by atoms with Crippen molar-refractivity contribution in [3.05, 3.63) is 53.3 Å². The normalized spacial score (nSPS) is 10.3. The third-order valence-corrected chi connectivity index (χ3v) is 3.48. The number of rotatable bonds is 6. The van der Waals surface area contributed by atoms with Gasteiger partial charge in [-0.3, -0.25) is 4.79 Å². The number of ketones is 1. The van der Waals surface area contributed by atoms with E-state index in [1.165, 1.54) is 18.0 Å². The molecule has 2 aromatic rings. The van der Waals surface area contributed by atoms with Crippen LogP contribution in [-0.2, 0) is 11.2 Å². The summed E-state index contributed by atoms with van der Waals surface area (Å²) in [6.07, 6.45) is 3.35. The largest absolute Gasteiger partial charge is 0.462 e. The van der Waals surface area contributed by atoms with Crippen molar-refractivity contribution >= 4 is 23.5 Å². The van der Waals surface area contributed by atoms with Gasteiger partial charge < -0.3 is 4.74 Å². The number of Topliss-reactive ketones (excluding diaryl/α,β-unsaturated/α-hetero) is 1. The van der Waals surface area contributed by atoms with Crippen LogP contribution >= 0.6 is 11.8 Å². The highest BCUT2D eigenvalue weighted by atomic mass is 32.2. The highest BCUT2D eigenvalue weighted by Gasteiger charge is 2.21. The summed E-state index contributed by atoms with van der Waals surface area (Å²) in [5, 5.41) is 0.449. The minimum atomic E-state index is -0.577. The topological polar surface area (TPSA) is 69.2 Å². The van der Waals surface area contributed by atoms with Crippen LogP contribution in [0.25, 0.3) is 0 Å². The van der Waals surface area contributed by atoms with Gasteiger partial charge in [0, 0.05) is 12.6 Å². The van der Waals surface area contributed by atoms with E-state index in [4.69, 9.17) is 4.74 Å². The van der Waals surface area contributed by atoms with E-state index in [0.717, 1.165) is 5.56 Å². The Bertz CT molecular complexity index is 674. The first kappa shape index (κ1) is 16.2. The van der Waals surface area contributed by atoms with E-state index in [2.05, 4.69) is 9.97 Å². The molecular formula is C16H16N2O3S. The van der Waals surface area contributed by atoms with E-state index in [-0.39, 0.29) is 30.1 Å². The molecule has 0 aliphatic carbocycles. The number of hydrogen-bond acceptors (Lipinski definition) is 6. The van der Waals surface area contributed by atoms with Crippen molar-refractivity contribution in [1.82, 2.24) is 9.97 Å². The maximum atomic E-state index is 12.5. The lowest BCUT2D eigenvalue weighted by molar-refractivity contribution is 0.0521. The summed E-state index contributed by atoms with van der Waals surface area (Å²) in [5.41, 5.74) is 1.09. The zero-order chi connectivity index (χ0) is 15.9. The molecule has 0 saturated carbocycles. The Kier molecular flexibility index (Phi) is 5.66. The standard InChI is InChI=1S/C16H16N2O3S/c1-3-21-15(20)12-10-17-16(22-2)18-14(12)13(19)9-11-7-5-4-6-8-11/h4-8,10H,3,9H2,1-2H3. The summed E-state index contributed by atoms with van der Waals surface area (Å²) < 4.78 is 4.96. The molecule has 114 valence electrons. The number of ether oxygens (including phenoxy) is 1. The number of nitrogens with zero attached hydrogens (tertiary/aromatic N) is 2. The highest BCUT2D eigenvalue weighted by Crippen LogP contribution is 2.16. The average Bonchev–Trinajstić information content (AvgIpc) is 2.55. The van der Waals surface area contributed by atoms with Crippen molar-refractivity contribution in [2.45, 2.75) is 18.5 Å². The molecule has 0 fully saturated rings. The maximum absolute atomic E-state index is 12.5. The molecule has 2 rings (SSSR count). The third-order valence-electron chi connectivity index (χ3n) is 2.92. The Balaban J connectivity index is 2.34. The zero-order valence-electron chi connectivity index (χ0n) is 12.4. The fourth-order valence-electron chi connectivity index (χ4n) is 1.90. The van der Waals surface area contributed by atoms with Gasteiger partial charge in [0.2, 0.25) is 0 Å². The van der Waals surface area contributed by atoms with Gasteiger partial charge in [0.05, 0.1) is 6.61 Å². The molecule has 22 heavy (non-hydrogen) atoms. The lowest BCUT2D eigenvalue weighted by atomic mass is 10.0. The average molecular weight is 316 g/mol. The minimum absolute atomic E-state index is 0.112. The van der Waals surface area contributed by atoms with E-state index < -0.39 is 5.97 Å². The number of carbonyl (C=O) groups excluding carboxylic acids is 2. The van der Waals surface area contributed by atoms with E-state index >= 15 is 0 Å². The fourth-order valence-corrected chi connectivity index (χ4v) is 2.24. The van der Waals surface area contributed by atoms with Crippen LogP contribution < -0.4 is 0 Å². The summed E-state index contributed by atoms with van der Waals surface area (Å²) in [7, 11) is 0. The molecule has 0 spiro atoms. The molecule has 6 heteroatoms. The molecule has 0 saturated heterocycles. The number of benzene rings is 1. The van der Waals surface area contributed by atoms with Gasteiger partial charge in [-0.05, 0) is 18.7 Å². The van der Waals surface area contributed by atoms with E-state index in [1.807, 2.05) is 36.6 Å². The molecule has 0 aliphatic heterocycles. The van der Waals surface area contributed by atoms with Crippen molar-refractivity contribution in [3.8, 4) is 0 Å². The van der Waals surface area contributed by atoms with Crippen LogP contribution in [0.4, 0.5) is 0 Å². The molecule has 5 nitrogen and oxygen atoms in total. The lowest BCUT2D eigenvalue weighted by Crippen LogP contribution is -2.16. The van der Waals surface area contributed by atoms with Gasteiger partial charge in [0.25, 0.3) is 0 Å². The predicted molar refractivity (Wildman–Crippen MR) is 84.2 cm³/mol. The molecule has 0 aliphatic rings. The van der Waals surface area contributed by atoms with Gasteiger partial charge in [0.1, 0.15) is 11.3 Å². The minimum Gasteiger partial charge on any atom is -0.462 e. The molecule has 0 bridgehead atoms. The van der Waals surface area contributed by atoms with Gasteiger partial charge in [-0.15, -0.1) is 0 Å². The predicted octanol–water partition coefficient (Wildman–Crippen LogP) is 2.80. The van der Waals surface area contributed by atoms with Crippen LogP contribution in [0.15, 0.2) is 41.7 Å². The van der Waals surface area contributed by atoms with E-state index in [9.17, 15) is 9.59 Å². The second kappa shape index (κ2) is 7.70. The van der Waals surface area contributed by atoms with Gasteiger partial charge in [0.15, 0.2) is 10.9 Å². The number of thioether (sulfide) groups is 1. The van der Waals surface area contributed by atoms with Crippen molar-refractivity contribution in [2.24, 2.45) is 0 Å². The first-order valence-corrected chi connectivity index (χ1v) is 8.03. The quantitative estimate of drug-likeness (QED) is 0.353. The number of esters is 1. The Morgan fingerprint density at radius 3 is 2.59 bits per heavy atom. The van der Waals surface area contributed by atoms with Crippen molar-refractivity contribution in [3.63, 3.8) is 0 Å². The monoisotopic (exact) mass is 316 g/mol. The third kappa shape index (κ3) is 3.92. The molecule has 0 amide bonds. The van der Waals surface area contributed by atoms with Crippen molar-refractivity contribution in [1.29, 1.82) is 0 Å². The van der Waals surface area contributed by atoms with Crippen LogP contribution in [0.5, 0.6) is 0 Å². The zero-order valence-corrected chi connectivity index (χ0v) is 13.2. The summed E-state index contributed by atoms with van der Waals surface area (Å²) in [5.74, 6) is -0.807. The van der Waals surface area contributed by atoms with Crippen LogP contribution in [0.3, 0.4) is 0 Å². The van der Waals surface area contributed by atoms with Crippen LogP contribution in [0.2, 0.25) is 0 Å². The van der Waals surface area contributed by atoms with E-state index in [0.29, 0.717) is 5.16 Å². The maximum Gasteiger partial charge on any atom is 0.342 e. The Morgan fingerprint density at radius 1 is 1.23 bits per heavy atom. The molecule has 0 atom stereocenters. The Hall–Kier alpha value is -2.21. The number of carbonyl (C=O) groups is 2. The number of hydrogen-bond donors (Lipinski definition) is 0.